The van der Waals surface area contributed by atoms with Crippen LogP contribution in [0.25, 0.3) is 10.9 Å². The second-order valence-electron chi connectivity index (χ2n) is 5.17. The molecule has 0 saturated carbocycles. The van der Waals surface area contributed by atoms with Crippen molar-refractivity contribution >= 4 is 26.8 Å². The molecular formula is C17H16BrFN2. The molecule has 0 amide bonds. The van der Waals surface area contributed by atoms with Crippen molar-refractivity contribution in [2.24, 2.45) is 5.73 Å². The molecule has 0 aliphatic heterocycles. The molecule has 2 nitrogen and oxygen atoms in total. The van der Waals surface area contributed by atoms with E-state index in [0.717, 1.165) is 26.8 Å². The summed E-state index contributed by atoms with van der Waals surface area (Å²) in [5.41, 5.74) is 9.64. The Hall–Kier alpha value is -1.65. The van der Waals surface area contributed by atoms with Crippen LogP contribution in [0, 0.1) is 12.7 Å². The fraction of sp³-hybridized carbons (Fsp3) is 0.176. The van der Waals surface area contributed by atoms with Crippen LogP contribution in [0.2, 0.25) is 0 Å². The summed E-state index contributed by atoms with van der Waals surface area (Å²) in [6.45, 7) is 3.04. The zero-order valence-corrected chi connectivity index (χ0v) is 13.3. The van der Waals surface area contributed by atoms with Gasteiger partial charge in [0, 0.05) is 34.2 Å². The van der Waals surface area contributed by atoms with Crippen LogP contribution in [-0.2, 0) is 13.1 Å². The molecule has 0 saturated heterocycles. The van der Waals surface area contributed by atoms with Gasteiger partial charge in [-0.15, -0.1) is 0 Å². The minimum atomic E-state index is -0.235. The van der Waals surface area contributed by atoms with Crippen LogP contribution in [0.3, 0.4) is 0 Å². The van der Waals surface area contributed by atoms with E-state index in [9.17, 15) is 4.39 Å². The molecule has 3 rings (SSSR count). The molecule has 0 aliphatic rings. The molecule has 0 atom stereocenters. The topological polar surface area (TPSA) is 30.9 Å². The van der Waals surface area contributed by atoms with Crippen LogP contribution < -0.4 is 5.73 Å². The average Bonchev–Trinajstić information content (AvgIpc) is 2.72. The van der Waals surface area contributed by atoms with E-state index in [0.29, 0.717) is 13.1 Å². The van der Waals surface area contributed by atoms with Gasteiger partial charge in [-0.2, -0.15) is 0 Å². The maximum Gasteiger partial charge on any atom is 0.123 e. The SMILES string of the molecule is Cc1c(Br)c2ccccc2n1Cc1cc(F)cc(CN)c1. The number of hydrogen-bond donors (Lipinski definition) is 1. The number of aromatic nitrogens is 1. The van der Waals surface area contributed by atoms with Crippen molar-refractivity contribution in [2.75, 3.05) is 0 Å². The van der Waals surface area contributed by atoms with E-state index >= 15 is 0 Å². The molecule has 0 radical (unpaired) electrons. The lowest BCUT2D eigenvalue weighted by atomic mass is 10.1. The van der Waals surface area contributed by atoms with E-state index < -0.39 is 0 Å². The van der Waals surface area contributed by atoms with Crippen molar-refractivity contribution in [1.82, 2.24) is 4.57 Å². The van der Waals surface area contributed by atoms with Gasteiger partial charge >= 0.3 is 0 Å². The van der Waals surface area contributed by atoms with E-state index in [-0.39, 0.29) is 5.82 Å². The summed E-state index contributed by atoms with van der Waals surface area (Å²) >= 11 is 3.64. The quantitative estimate of drug-likeness (QED) is 0.750. The summed E-state index contributed by atoms with van der Waals surface area (Å²) in [5, 5.41) is 1.17. The molecule has 1 aromatic heterocycles. The Bertz CT molecular complexity index is 808. The van der Waals surface area contributed by atoms with Gasteiger partial charge in [0.05, 0.1) is 0 Å². The van der Waals surface area contributed by atoms with Gasteiger partial charge < -0.3 is 10.3 Å². The Morgan fingerprint density at radius 2 is 1.86 bits per heavy atom. The van der Waals surface area contributed by atoms with Gasteiger partial charge in [0.25, 0.3) is 0 Å². The van der Waals surface area contributed by atoms with E-state index in [2.05, 4.69) is 39.6 Å². The van der Waals surface area contributed by atoms with Crippen LogP contribution in [-0.4, -0.2) is 4.57 Å². The highest BCUT2D eigenvalue weighted by Gasteiger charge is 2.12. The summed E-state index contributed by atoms with van der Waals surface area (Å²) in [5.74, 6) is -0.235. The maximum atomic E-state index is 13.7. The van der Waals surface area contributed by atoms with Gasteiger partial charge in [-0.1, -0.05) is 24.3 Å². The summed E-state index contributed by atoms with van der Waals surface area (Å²) < 4.78 is 16.9. The van der Waals surface area contributed by atoms with Crippen LogP contribution in [0.4, 0.5) is 4.39 Å². The fourth-order valence-electron chi connectivity index (χ4n) is 2.70. The van der Waals surface area contributed by atoms with Gasteiger partial charge in [0.1, 0.15) is 5.82 Å². The molecule has 0 bridgehead atoms. The number of benzene rings is 2. The van der Waals surface area contributed by atoms with Gasteiger partial charge in [0.2, 0.25) is 0 Å². The van der Waals surface area contributed by atoms with Crippen molar-refractivity contribution in [3.63, 3.8) is 0 Å². The zero-order valence-electron chi connectivity index (χ0n) is 11.7. The number of para-hydroxylation sites is 1. The fourth-order valence-corrected chi connectivity index (χ4v) is 3.25. The Kier molecular flexibility index (Phi) is 3.83. The van der Waals surface area contributed by atoms with Gasteiger partial charge in [-0.05, 0) is 52.2 Å². The first-order valence-corrected chi connectivity index (χ1v) is 7.61. The summed E-state index contributed by atoms with van der Waals surface area (Å²) in [6.07, 6.45) is 0. The molecule has 3 aromatic rings. The third-order valence-corrected chi connectivity index (χ3v) is 4.75. The Morgan fingerprint density at radius 3 is 2.62 bits per heavy atom. The normalized spacial score (nSPS) is 11.2. The third-order valence-electron chi connectivity index (χ3n) is 3.75. The van der Waals surface area contributed by atoms with Crippen LogP contribution >= 0.6 is 15.9 Å². The number of nitrogens with two attached hydrogens (primary N) is 1. The minimum Gasteiger partial charge on any atom is -0.339 e. The minimum absolute atomic E-state index is 0.235. The third kappa shape index (κ3) is 2.61. The summed E-state index contributed by atoms with van der Waals surface area (Å²) in [4.78, 5) is 0. The van der Waals surface area contributed by atoms with Crippen LogP contribution in [0.15, 0.2) is 46.9 Å². The molecule has 0 unspecified atom stereocenters. The van der Waals surface area contributed by atoms with Gasteiger partial charge in [-0.3, -0.25) is 0 Å². The van der Waals surface area contributed by atoms with Gasteiger partial charge in [-0.25, -0.2) is 4.39 Å². The van der Waals surface area contributed by atoms with Gasteiger partial charge in [0.15, 0.2) is 0 Å². The first-order chi connectivity index (χ1) is 10.1. The first-order valence-electron chi connectivity index (χ1n) is 6.82. The maximum absolute atomic E-state index is 13.7. The molecule has 2 aromatic carbocycles. The van der Waals surface area contributed by atoms with Crippen molar-refractivity contribution in [1.29, 1.82) is 0 Å². The van der Waals surface area contributed by atoms with E-state index in [1.165, 1.54) is 11.5 Å². The van der Waals surface area contributed by atoms with E-state index in [1.807, 2.05) is 18.2 Å². The Labute approximate surface area is 131 Å². The zero-order chi connectivity index (χ0) is 15.0. The predicted molar refractivity (Wildman–Crippen MR) is 87.8 cm³/mol. The highest BCUT2D eigenvalue weighted by atomic mass is 79.9. The van der Waals surface area contributed by atoms with Crippen molar-refractivity contribution in [3.05, 3.63) is 69.6 Å². The van der Waals surface area contributed by atoms with Crippen molar-refractivity contribution in [2.45, 2.75) is 20.0 Å². The lowest BCUT2D eigenvalue weighted by Gasteiger charge is -2.10. The number of hydrogen-bond acceptors (Lipinski definition) is 1. The number of rotatable bonds is 3. The molecule has 0 aliphatic carbocycles. The molecular weight excluding hydrogens is 331 g/mol. The highest BCUT2D eigenvalue weighted by Crippen LogP contribution is 2.31. The first kappa shape index (κ1) is 14.3. The largest absolute Gasteiger partial charge is 0.339 e. The summed E-state index contributed by atoms with van der Waals surface area (Å²) in [7, 11) is 0. The second kappa shape index (κ2) is 5.62. The van der Waals surface area contributed by atoms with Crippen LogP contribution in [0.1, 0.15) is 16.8 Å². The van der Waals surface area contributed by atoms with Crippen LogP contribution in [0.5, 0.6) is 0 Å². The standard InChI is InChI=1S/C17H16BrFN2/c1-11-17(18)15-4-2-3-5-16(15)21(11)10-13-6-12(9-20)7-14(19)8-13/h2-8H,9-10,20H2,1H3. The van der Waals surface area contributed by atoms with Crippen molar-refractivity contribution < 1.29 is 4.39 Å². The number of halogens is 2. The molecule has 21 heavy (non-hydrogen) atoms. The number of fused-ring (bicyclic) bond motifs is 1. The molecule has 4 heteroatoms. The Morgan fingerprint density at radius 1 is 1.14 bits per heavy atom. The smallest absolute Gasteiger partial charge is 0.123 e. The van der Waals surface area contributed by atoms with Crippen molar-refractivity contribution in [3.8, 4) is 0 Å². The molecule has 1 heterocycles. The van der Waals surface area contributed by atoms with E-state index in [4.69, 9.17) is 5.73 Å². The number of nitrogens with zero attached hydrogens (tertiary/aromatic N) is 1. The molecule has 108 valence electrons. The lowest BCUT2D eigenvalue weighted by molar-refractivity contribution is 0.621. The second-order valence-corrected chi connectivity index (χ2v) is 5.97. The monoisotopic (exact) mass is 346 g/mol. The predicted octanol–water partition coefficient (Wildman–Crippen LogP) is 4.36. The lowest BCUT2D eigenvalue weighted by Crippen LogP contribution is -2.04. The molecule has 0 fully saturated rings. The Balaban J connectivity index is 2.10. The van der Waals surface area contributed by atoms with E-state index in [1.54, 1.807) is 6.07 Å². The molecule has 2 N–H and O–H groups in total. The average molecular weight is 347 g/mol. The molecule has 0 spiro atoms. The summed E-state index contributed by atoms with van der Waals surface area (Å²) in [6, 6.07) is 13.2. The highest BCUT2D eigenvalue weighted by molar-refractivity contribution is 9.10.